The van der Waals surface area contributed by atoms with Crippen LogP contribution in [0.15, 0.2) is 0 Å². The van der Waals surface area contributed by atoms with E-state index in [0.717, 1.165) is 4.68 Å². The Balaban J connectivity index is 1.83. The van der Waals surface area contributed by atoms with Gasteiger partial charge in [0.15, 0.2) is 0 Å². The highest BCUT2D eigenvalue weighted by Crippen LogP contribution is 2.28. The molecule has 0 saturated carbocycles. The molecule has 0 radical (unpaired) electrons. The molecule has 11 heteroatoms. The monoisotopic (exact) mass is 413 g/mol. The first-order chi connectivity index (χ1) is 11.7. The predicted molar refractivity (Wildman–Crippen MR) is 91.5 cm³/mol. The van der Waals surface area contributed by atoms with Crippen LogP contribution in [0.3, 0.4) is 0 Å². The average molecular weight is 415 g/mol. The number of nitrogens with one attached hydrogen (secondary N) is 1. The summed E-state index contributed by atoms with van der Waals surface area (Å²) in [6, 6.07) is 0. The zero-order chi connectivity index (χ0) is 18.7. The lowest BCUT2D eigenvalue weighted by atomic mass is 10.3. The van der Waals surface area contributed by atoms with Crippen molar-refractivity contribution in [1.82, 2.24) is 24.9 Å². The summed E-state index contributed by atoms with van der Waals surface area (Å²) in [5, 5.41) is 11.2. The number of aromatic nitrogens is 4. The fourth-order valence-corrected chi connectivity index (χ4v) is 2.78. The van der Waals surface area contributed by atoms with Crippen molar-refractivity contribution in [1.29, 1.82) is 0 Å². The number of aryl methyl sites for hydroxylation is 2. The van der Waals surface area contributed by atoms with Crippen molar-refractivity contribution < 1.29 is 13.6 Å². The molecule has 2 rings (SSSR count). The van der Waals surface area contributed by atoms with Gasteiger partial charge >= 0.3 is 0 Å². The van der Waals surface area contributed by atoms with E-state index in [9.17, 15) is 13.6 Å². The van der Waals surface area contributed by atoms with Crippen LogP contribution in [0.1, 0.15) is 29.9 Å². The van der Waals surface area contributed by atoms with Crippen LogP contribution in [0.5, 0.6) is 0 Å². The van der Waals surface area contributed by atoms with Crippen molar-refractivity contribution in [2.45, 2.75) is 39.8 Å². The Hall–Kier alpha value is -1.38. The van der Waals surface area contributed by atoms with E-state index in [0.29, 0.717) is 41.1 Å². The molecular weight excluding hydrogens is 399 g/mol. The van der Waals surface area contributed by atoms with Crippen molar-refractivity contribution in [3.8, 4) is 0 Å². The molecule has 1 amide bonds. The first-order valence-corrected chi connectivity index (χ1v) is 8.51. The van der Waals surface area contributed by atoms with E-state index in [4.69, 9.17) is 34.8 Å². The largest absolute Gasteiger partial charge is 0.354 e. The Bertz CT molecular complexity index is 775. The van der Waals surface area contributed by atoms with Gasteiger partial charge in [0.2, 0.25) is 5.91 Å². The summed E-state index contributed by atoms with van der Waals surface area (Å²) in [5.41, 5.74) is 0.435. The molecule has 2 heterocycles. The highest BCUT2D eigenvalue weighted by molar-refractivity contribution is 6.41. The molecule has 25 heavy (non-hydrogen) atoms. The SMILES string of the molecule is Cc1nn(CCCNC(=O)Cn2nc(C(F)F)c(Cl)c2C)c(Cl)c1Cl. The van der Waals surface area contributed by atoms with E-state index in [1.807, 2.05) is 0 Å². The van der Waals surface area contributed by atoms with Crippen LogP contribution in [0.25, 0.3) is 0 Å². The van der Waals surface area contributed by atoms with E-state index < -0.39 is 12.1 Å². The van der Waals surface area contributed by atoms with Gasteiger partial charge in [-0.05, 0) is 20.3 Å². The van der Waals surface area contributed by atoms with Crippen molar-refractivity contribution in [2.75, 3.05) is 6.54 Å². The van der Waals surface area contributed by atoms with Crippen molar-refractivity contribution in [3.63, 3.8) is 0 Å². The third kappa shape index (κ3) is 4.62. The number of hydrogen-bond donors (Lipinski definition) is 1. The van der Waals surface area contributed by atoms with Crippen LogP contribution in [0.2, 0.25) is 15.2 Å². The van der Waals surface area contributed by atoms with Gasteiger partial charge in [-0.2, -0.15) is 10.2 Å². The number of halogens is 5. The molecule has 1 N–H and O–H groups in total. The molecule has 0 aromatic carbocycles. The Kier molecular flexibility index (Phi) is 6.65. The summed E-state index contributed by atoms with van der Waals surface area (Å²) < 4.78 is 28.2. The van der Waals surface area contributed by atoms with E-state index in [-0.39, 0.29) is 17.5 Å². The van der Waals surface area contributed by atoms with Crippen LogP contribution < -0.4 is 5.32 Å². The first kappa shape index (κ1) is 19.9. The number of alkyl halides is 2. The summed E-state index contributed by atoms with van der Waals surface area (Å²) in [4.78, 5) is 11.9. The number of rotatable bonds is 7. The fraction of sp³-hybridized carbons (Fsp3) is 0.500. The smallest absolute Gasteiger partial charge is 0.283 e. The van der Waals surface area contributed by atoms with Crippen molar-refractivity contribution in [3.05, 3.63) is 32.3 Å². The third-order valence-electron chi connectivity index (χ3n) is 3.52. The molecule has 0 aliphatic carbocycles. The first-order valence-electron chi connectivity index (χ1n) is 7.38. The minimum atomic E-state index is -2.79. The highest BCUT2D eigenvalue weighted by Gasteiger charge is 2.21. The van der Waals surface area contributed by atoms with Gasteiger partial charge < -0.3 is 5.32 Å². The Morgan fingerprint density at radius 1 is 1.16 bits per heavy atom. The lowest BCUT2D eigenvalue weighted by Crippen LogP contribution is -2.29. The summed E-state index contributed by atoms with van der Waals surface area (Å²) >= 11 is 17.8. The van der Waals surface area contributed by atoms with Gasteiger partial charge in [-0.25, -0.2) is 8.78 Å². The molecule has 2 aromatic rings. The quantitative estimate of drug-likeness (QED) is 0.701. The Morgan fingerprint density at radius 2 is 1.84 bits per heavy atom. The summed E-state index contributed by atoms with van der Waals surface area (Å²) in [6.07, 6.45) is -2.21. The van der Waals surface area contributed by atoms with Crippen LogP contribution in [-0.2, 0) is 17.9 Å². The highest BCUT2D eigenvalue weighted by atomic mass is 35.5. The van der Waals surface area contributed by atoms with Crippen LogP contribution in [0, 0.1) is 13.8 Å². The molecule has 0 atom stereocenters. The molecule has 0 spiro atoms. The lowest BCUT2D eigenvalue weighted by Gasteiger charge is -2.07. The van der Waals surface area contributed by atoms with Crippen LogP contribution in [-0.4, -0.2) is 32.0 Å². The Morgan fingerprint density at radius 3 is 2.36 bits per heavy atom. The second-order valence-electron chi connectivity index (χ2n) is 5.36. The minimum Gasteiger partial charge on any atom is -0.354 e. The molecule has 138 valence electrons. The van der Waals surface area contributed by atoms with Crippen molar-refractivity contribution in [2.24, 2.45) is 0 Å². The second-order valence-corrected chi connectivity index (χ2v) is 6.47. The standard InChI is InChI=1S/C14H16Cl3F2N5O/c1-7-10(15)13(17)23(21-7)5-3-4-20-9(25)6-24-8(2)11(16)12(22-24)14(18)19/h14H,3-6H2,1-2H3,(H,20,25). The van der Waals surface area contributed by atoms with E-state index in [2.05, 4.69) is 15.5 Å². The van der Waals surface area contributed by atoms with Crippen LogP contribution >= 0.6 is 34.8 Å². The van der Waals surface area contributed by atoms with Gasteiger partial charge in [0.1, 0.15) is 22.4 Å². The lowest BCUT2D eigenvalue weighted by molar-refractivity contribution is -0.121. The average Bonchev–Trinajstić information content (AvgIpc) is 2.97. The zero-order valence-corrected chi connectivity index (χ0v) is 15.8. The van der Waals surface area contributed by atoms with Crippen molar-refractivity contribution >= 4 is 40.7 Å². The Labute approximate surface area is 158 Å². The third-order valence-corrected chi connectivity index (χ3v) is 4.92. The maximum absolute atomic E-state index is 12.7. The van der Waals surface area contributed by atoms with Gasteiger partial charge in [0.25, 0.3) is 6.43 Å². The number of hydrogen-bond acceptors (Lipinski definition) is 3. The normalized spacial score (nSPS) is 11.4. The van der Waals surface area contributed by atoms with Gasteiger partial charge in [0.05, 0.1) is 16.4 Å². The van der Waals surface area contributed by atoms with E-state index in [1.54, 1.807) is 11.6 Å². The molecule has 0 unspecified atom stereocenters. The zero-order valence-electron chi connectivity index (χ0n) is 13.5. The van der Waals surface area contributed by atoms with E-state index in [1.165, 1.54) is 6.92 Å². The molecule has 6 nitrogen and oxygen atoms in total. The maximum atomic E-state index is 12.7. The minimum absolute atomic E-state index is 0.122. The van der Waals surface area contributed by atoms with Gasteiger partial charge in [-0.1, -0.05) is 34.8 Å². The van der Waals surface area contributed by atoms with Gasteiger partial charge in [0, 0.05) is 13.1 Å². The predicted octanol–water partition coefficient (Wildman–Crippen LogP) is 3.80. The molecule has 0 saturated heterocycles. The van der Waals surface area contributed by atoms with Gasteiger partial charge in [-0.3, -0.25) is 14.2 Å². The topological polar surface area (TPSA) is 64.7 Å². The number of carbonyl (C=O) groups is 1. The number of amides is 1. The maximum Gasteiger partial charge on any atom is 0.283 e. The molecule has 2 aromatic heterocycles. The molecule has 0 aliphatic heterocycles. The molecular formula is C14H16Cl3F2N5O. The molecule has 0 fully saturated rings. The fourth-order valence-electron chi connectivity index (χ4n) is 2.17. The van der Waals surface area contributed by atoms with E-state index >= 15 is 0 Å². The molecule has 0 aliphatic rings. The number of carbonyl (C=O) groups excluding carboxylic acids is 1. The summed E-state index contributed by atoms with van der Waals surface area (Å²) in [7, 11) is 0. The van der Waals surface area contributed by atoms with Gasteiger partial charge in [-0.15, -0.1) is 0 Å². The second kappa shape index (κ2) is 8.33. The molecule has 0 bridgehead atoms. The summed E-state index contributed by atoms with van der Waals surface area (Å²) in [5.74, 6) is -0.358. The number of nitrogens with zero attached hydrogens (tertiary/aromatic N) is 4. The van der Waals surface area contributed by atoms with Crippen LogP contribution in [0.4, 0.5) is 8.78 Å². The summed E-state index contributed by atoms with van der Waals surface area (Å²) in [6.45, 7) is 3.93.